The van der Waals surface area contributed by atoms with Crippen LogP contribution >= 0.6 is 0 Å². The summed E-state index contributed by atoms with van der Waals surface area (Å²) in [6.45, 7) is 0.537. The van der Waals surface area contributed by atoms with Gasteiger partial charge in [0.05, 0.1) is 5.69 Å². The second-order valence-corrected chi connectivity index (χ2v) is 3.90. The fourth-order valence-corrected chi connectivity index (χ4v) is 1.58. The molecule has 0 atom stereocenters. The predicted octanol–water partition coefficient (Wildman–Crippen LogP) is -0.517. The number of amides is 1. The Morgan fingerprint density at radius 1 is 1.61 bits per heavy atom. The van der Waals surface area contributed by atoms with E-state index in [4.69, 9.17) is 5.73 Å². The number of carbonyl (C=O) groups is 1. The van der Waals surface area contributed by atoms with E-state index in [-0.39, 0.29) is 11.6 Å². The zero-order valence-electron chi connectivity index (χ0n) is 10.1. The van der Waals surface area contributed by atoms with Gasteiger partial charge >= 0.3 is 0 Å². The largest absolute Gasteiger partial charge is 0.396 e. The average Bonchev–Trinajstić information content (AvgIpc) is 2.94. The molecule has 4 N–H and O–H groups in total. The molecule has 8 nitrogen and oxygen atoms in total. The average molecular weight is 249 g/mol. The van der Waals surface area contributed by atoms with Crippen LogP contribution in [0.2, 0.25) is 0 Å². The number of nitrogens with two attached hydrogens (primary N) is 1. The fraction of sp³-hybridized carbons (Fsp3) is 0.400. The van der Waals surface area contributed by atoms with Crippen LogP contribution in [0.1, 0.15) is 22.7 Å². The van der Waals surface area contributed by atoms with Crippen molar-refractivity contribution in [1.29, 1.82) is 0 Å². The number of aromatic nitrogens is 5. The minimum Gasteiger partial charge on any atom is -0.396 e. The number of aromatic amines is 1. The molecule has 96 valence electrons. The van der Waals surface area contributed by atoms with Crippen LogP contribution in [0.25, 0.3) is 0 Å². The highest BCUT2D eigenvalue weighted by Gasteiger charge is 2.12. The third kappa shape index (κ3) is 2.84. The van der Waals surface area contributed by atoms with E-state index in [9.17, 15) is 4.79 Å². The first-order valence-electron chi connectivity index (χ1n) is 5.58. The number of carbonyl (C=O) groups excluding carboxylic acids is 1. The van der Waals surface area contributed by atoms with Crippen LogP contribution in [0, 0.1) is 0 Å². The van der Waals surface area contributed by atoms with E-state index in [1.165, 1.54) is 11.0 Å². The maximum Gasteiger partial charge on any atom is 0.273 e. The van der Waals surface area contributed by atoms with Gasteiger partial charge < -0.3 is 11.1 Å². The topological polar surface area (TPSA) is 115 Å². The Morgan fingerprint density at radius 3 is 3.06 bits per heavy atom. The maximum atomic E-state index is 11.7. The van der Waals surface area contributed by atoms with Gasteiger partial charge in [0.25, 0.3) is 5.91 Å². The van der Waals surface area contributed by atoms with Crippen molar-refractivity contribution >= 4 is 11.6 Å². The van der Waals surface area contributed by atoms with E-state index in [0.29, 0.717) is 12.2 Å². The minimum absolute atomic E-state index is 0.259. The molecule has 0 aliphatic heterocycles. The van der Waals surface area contributed by atoms with Gasteiger partial charge in [-0.15, -0.1) is 0 Å². The normalized spacial score (nSPS) is 10.5. The number of H-pyrrole nitrogens is 1. The van der Waals surface area contributed by atoms with Crippen LogP contribution < -0.4 is 11.1 Å². The summed E-state index contributed by atoms with van der Waals surface area (Å²) in [5, 5.41) is 13.3. The minimum atomic E-state index is -0.259. The van der Waals surface area contributed by atoms with E-state index in [0.717, 1.165) is 18.7 Å². The van der Waals surface area contributed by atoms with Crippen molar-refractivity contribution in [2.75, 3.05) is 12.3 Å². The Hall–Kier alpha value is -2.38. The summed E-state index contributed by atoms with van der Waals surface area (Å²) in [6.07, 6.45) is 4.57. The summed E-state index contributed by atoms with van der Waals surface area (Å²) in [4.78, 5) is 15.7. The van der Waals surface area contributed by atoms with E-state index in [2.05, 4.69) is 25.6 Å². The van der Waals surface area contributed by atoms with Crippen LogP contribution in [0.3, 0.4) is 0 Å². The van der Waals surface area contributed by atoms with Crippen LogP contribution in [0.4, 0.5) is 5.69 Å². The SMILES string of the molecule is Cn1cc(N)c(C(=O)NCCCc2ncn[nH]2)n1. The number of rotatable bonds is 5. The Balaban J connectivity index is 1.77. The van der Waals surface area contributed by atoms with Gasteiger partial charge in [0, 0.05) is 26.2 Å². The highest BCUT2D eigenvalue weighted by atomic mass is 16.1. The predicted molar refractivity (Wildman–Crippen MR) is 64.7 cm³/mol. The van der Waals surface area contributed by atoms with Crippen LogP contribution in [0.15, 0.2) is 12.5 Å². The number of nitrogens with zero attached hydrogens (tertiary/aromatic N) is 4. The number of anilines is 1. The first kappa shape index (κ1) is 12.1. The molecule has 0 aliphatic rings. The lowest BCUT2D eigenvalue weighted by atomic mass is 10.3. The number of nitrogen functional groups attached to an aromatic ring is 1. The smallest absolute Gasteiger partial charge is 0.273 e. The van der Waals surface area contributed by atoms with Crippen LogP contribution in [0.5, 0.6) is 0 Å². The lowest BCUT2D eigenvalue weighted by Crippen LogP contribution is -2.26. The molecule has 2 heterocycles. The van der Waals surface area contributed by atoms with Crippen molar-refractivity contribution in [3.8, 4) is 0 Å². The van der Waals surface area contributed by atoms with E-state index in [1.807, 2.05) is 0 Å². The molecule has 1 amide bonds. The fourth-order valence-electron chi connectivity index (χ4n) is 1.58. The van der Waals surface area contributed by atoms with Gasteiger partial charge in [-0.25, -0.2) is 4.98 Å². The van der Waals surface area contributed by atoms with Crippen LogP contribution in [-0.2, 0) is 13.5 Å². The lowest BCUT2D eigenvalue weighted by molar-refractivity contribution is 0.0948. The highest BCUT2D eigenvalue weighted by Crippen LogP contribution is 2.07. The molecule has 8 heteroatoms. The van der Waals surface area contributed by atoms with E-state index < -0.39 is 0 Å². The van der Waals surface area contributed by atoms with Gasteiger partial charge in [0.15, 0.2) is 5.69 Å². The maximum absolute atomic E-state index is 11.7. The summed E-state index contributed by atoms with van der Waals surface area (Å²) in [5.41, 5.74) is 6.30. The second kappa shape index (κ2) is 5.30. The molecule has 0 spiro atoms. The van der Waals surface area contributed by atoms with Gasteiger partial charge in [-0.2, -0.15) is 10.2 Å². The van der Waals surface area contributed by atoms with Crippen molar-refractivity contribution in [1.82, 2.24) is 30.3 Å². The van der Waals surface area contributed by atoms with Gasteiger partial charge in [-0.3, -0.25) is 14.6 Å². The van der Waals surface area contributed by atoms with Gasteiger partial charge in [0.2, 0.25) is 0 Å². The molecule has 0 aliphatic carbocycles. The molecule has 0 bridgehead atoms. The van der Waals surface area contributed by atoms with Crippen molar-refractivity contribution in [3.05, 3.63) is 24.0 Å². The third-order valence-electron chi connectivity index (χ3n) is 2.41. The van der Waals surface area contributed by atoms with Crippen molar-refractivity contribution < 1.29 is 4.79 Å². The van der Waals surface area contributed by atoms with Gasteiger partial charge in [0.1, 0.15) is 12.2 Å². The van der Waals surface area contributed by atoms with Crippen molar-refractivity contribution in [2.45, 2.75) is 12.8 Å². The molecule has 0 saturated heterocycles. The van der Waals surface area contributed by atoms with Gasteiger partial charge in [-0.1, -0.05) is 0 Å². The molecule has 0 saturated carbocycles. The molecular weight excluding hydrogens is 234 g/mol. The molecule has 0 radical (unpaired) electrons. The summed E-state index contributed by atoms with van der Waals surface area (Å²) in [6, 6.07) is 0. The molecule has 0 aromatic carbocycles. The first-order chi connectivity index (χ1) is 8.66. The summed E-state index contributed by atoms with van der Waals surface area (Å²) < 4.78 is 1.51. The standard InChI is InChI=1S/C10H15N7O/c1-17-5-7(11)9(16-17)10(18)12-4-2-3-8-13-6-14-15-8/h5-6H,2-4,11H2,1H3,(H,12,18)(H,13,14,15). The first-order valence-corrected chi connectivity index (χ1v) is 5.58. The summed E-state index contributed by atoms with van der Waals surface area (Å²) >= 11 is 0. The lowest BCUT2D eigenvalue weighted by Gasteiger charge is -2.02. The molecule has 2 rings (SSSR count). The van der Waals surface area contributed by atoms with E-state index in [1.54, 1.807) is 13.2 Å². The van der Waals surface area contributed by atoms with Crippen LogP contribution in [-0.4, -0.2) is 37.4 Å². The van der Waals surface area contributed by atoms with Crippen molar-refractivity contribution in [2.24, 2.45) is 7.05 Å². The zero-order chi connectivity index (χ0) is 13.0. The monoisotopic (exact) mass is 249 g/mol. The molecule has 2 aromatic rings. The number of hydrogen-bond acceptors (Lipinski definition) is 5. The molecule has 0 fully saturated rings. The molecule has 0 unspecified atom stereocenters. The second-order valence-electron chi connectivity index (χ2n) is 3.90. The number of nitrogens with one attached hydrogen (secondary N) is 2. The van der Waals surface area contributed by atoms with Crippen molar-refractivity contribution in [3.63, 3.8) is 0 Å². The quantitative estimate of drug-likeness (QED) is 0.617. The van der Waals surface area contributed by atoms with Gasteiger partial charge in [-0.05, 0) is 6.42 Å². The van der Waals surface area contributed by atoms with E-state index >= 15 is 0 Å². The molecule has 18 heavy (non-hydrogen) atoms. The highest BCUT2D eigenvalue weighted by molar-refractivity contribution is 5.96. The number of hydrogen-bond donors (Lipinski definition) is 3. The zero-order valence-corrected chi connectivity index (χ0v) is 10.1. The Labute approximate surface area is 104 Å². The molecule has 2 aromatic heterocycles. The third-order valence-corrected chi connectivity index (χ3v) is 2.41. The summed E-state index contributed by atoms with van der Waals surface area (Å²) in [5.74, 6) is 0.548. The molecular formula is C10H15N7O. The summed E-state index contributed by atoms with van der Waals surface area (Å²) in [7, 11) is 1.72. The Kier molecular flexibility index (Phi) is 3.56. The number of aryl methyl sites for hydroxylation is 2. The Morgan fingerprint density at radius 2 is 2.44 bits per heavy atom. The Bertz CT molecular complexity index is 516.